The Morgan fingerprint density at radius 3 is 2.09 bits per heavy atom. The number of hydrogen-bond donors (Lipinski definition) is 3. The van der Waals surface area contributed by atoms with Gasteiger partial charge in [0.05, 0.1) is 5.75 Å². The van der Waals surface area contributed by atoms with Gasteiger partial charge in [-0.3, -0.25) is 14.4 Å². The smallest absolute Gasteiger partial charge is 0.262 e. The van der Waals surface area contributed by atoms with Gasteiger partial charge in [0.15, 0.2) is 6.61 Å². The Morgan fingerprint density at radius 1 is 0.750 bits per heavy atom. The average molecular weight is 450 g/mol. The zero-order valence-electron chi connectivity index (χ0n) is 17.5. The van der Waals surface area contributed by atoms with Crippen LogP contribution in [0.15, 0.2) is 83.8 Å². The molecule has 3 rings (SSSR count). The van der Waals surface area contributed by atoms with Crippen molar-refractivity contribution in [3.63, 3.8) is 0 Å². The Kier molecular flexibility index (Phi) is 8.28. The van der Waals surface area contributed by atoms with Crippen LogP contribution in [0, 0.1) is 0 Å². The summed E-state index contributed by atoms with van der Waals surface area (Å²) in [7, 11) is 0. The number of carbonyl (C=O) groups excluding carboxylic acids is 3. The van der Waals surface area contributed by atoms with Crippen molar-refractivity contribution in [3.05, 3.63) is 78.9 Å². The number of ether oxygens (including phenoxy) is 1. The van der Waals surface area contributed by atoms with Crippen LogP contribution in [0.4, 0.5) is 17.1 Å². The van der Waals surface area contributed by atoms with Crippen molar-refractivity contribution in [3.8, 4) is 5.75 Å². The van der Waals surface area contributed by atoms with E-state index in [1.165, 1.54) is 18.7 Å². The highest BCUT2D eigenvalue weighted by atomic mass is 32.2. The maximum atomic E-state index is 12.2. The fraction of sp³-hybridized carbons (Fsp3) is 0.125. The molecule has 0 heterocycles. The number of nitrogens with one attached hydrogen (secondary N) is 3. The van der Waals surface area contributed by atoms with Crippen molar-refractivity contribution >= 4 is 46.5 Å². The maximum absolute atomic E-state index is 12.2. The van der Waals surface area contributed by atoms with Crippen molar-refractivity contribution in [1.82, 2.24) is 0 Å². The van der Waals surface area contributed by atoms with Crippen LogP contribution >= 0.6 is 11.8 Å². The molecule has 0 saturated heterocycles. The van der Waals surface area contributed by atoms with E-state index in [2.05, 4.69) is 16.0 Å². The molecular weight excluding hydrogens is 426 g/mol. The Morgan fingerprint density at radius 2 is 1.41 bits per heavy atom. The summed E-state index contributed by atoms with van der Waals surface area (Å²) in [6, 6.07) is 23.3. The summed E-state index contributed by atoms with van der Waals surface area (Å²) < 4.78 is 5.44. The summed E-state index contributed by atoms with van der Waals surface area (Å²) in [5, 5.41) is 8.28. The van der Waals surface area contributed by atoms with Crippen LogP contribution in [-0.2, 0) is 14.4 Å². The first-order valence-corrected chi connectivity index (χ1v) is 10.8. The van der Waals surface area contributed by atoms with Crippen molar-refractivity contribution in [2.75, 3.05) is 28.3 Å². The monoisotopic (exact) mass is 449 g/mol. The van der Waals surface area contributed by atoms with Gasteiger partial charge in [0.2, 0.25) is 11.8 Å². The molecule has 0 unspecified atom stereocenters. The fourth-order valence-electron chi connectivity index (χ4n) is 2.71. The van der Waals surface area contributed by atoms with Gasteiger partial charge >= 0.3 is 0 Å². The molecule has 8 heteroatoms. The number of carbonyl (C=O) groups is 3. The largest absolute Gasteiger partial charge is 0.484 e. The van der Waals surface area contributed by atoms with Crippen LogP contribution in [0.5, 0.6) is 5.75 Å². The Bertz CT molecular complexity index is 1070. The summed E-state index contributed by atoms with van der Waals surface area (Å²) in [6.45, 7) is 1.34. The Labute approximate surface area is 190 Å². The second-order valence-corrected chi connectivity index (χ2v) is 7.82. The predicted molar refractivity (Wildman–Crippen MR) is 127 cm³/mol. The highest BCUT2D eigenvalue weighted by Crippen LogP contribution is 2.22. The third kappa shape index (κ3) is 7.81. The summed E-state index contributed by atoms with van der Waals surface area (Å²) >= 11 is 1.36. The molecule has 3 aromatic rings. The maximum Gasteiger partial charge on any atom is 0.262 e. The predicted octanol–water partition coefficient (Wildman–Crippen LogP) is 4.39. The van der Waals surface area contributed by atoms with Gasteiger partial charge in [0.1, 0.15) is 5.75 Å². The minimum absolute atomic E-state index is 0.0927. The van der Waals surface area contributed by atoms with E-state index in [4.69, 9.17) is 4.74 Å². The van der Waals surface area contributed by atoms with Crippen molar-refractivity contribution in [2.24, 2.45) is 0 Å². The van der Waals surface area contributed by atoms with Crippen LogP contribution in [0.2, 0.25) is 0 Å². The number of amides is 3. The summed E-state index contributed by atoms with van der Waals surface area (Å²) in [6.07, 6.45) is 0. The topological polar surface area (TPSA) is 96.5 Å². The minimum atomic E-state index is -0.267. The van der Waals surface area contributed by atoms with Gasteiger partial charge in [-0.05, 0) is 54.6 Å². The number of benzene rings is 3. The van der Waals surface area contributed by atoms with Gasteiger partial charge in [-0.15, -0.1) is 11.8 Å². The van der Waals surface area contributed by atoms with Gasteiger partial charge in [-0.25, -0.2) is 0 Å². The van der Waals surface area contributed by atoms with Gasteiger partial charge in [-0.2, -0.15) is 0 Å². The molecule has 0 saturated carbocycles. The zero-order chi connectivity index (χ0) is 22.8. The number of rotatable bonds is 9. The van der Waals surface area contributed by atoms with Crippen LogP contribution in [0.1, 0.15) is 6.92 Å². The number of thioether (sulfide) groups is 1. The second-order valence-electron chi connectivity index (χ2n) is 6.77. The van der Waals surface area contributed by atoms with E-state index in [-0.39, 0.29) is 30.1 Å². The molecule has 164 valence electrons. The number of hydrogen-bond acceptors (Lipinski definition) is 5. The molecule has 0 bridgehead atoms. The molecule has 0 aliphatic heterocycles. The lowest BCUT2D eigenvalue weighted by molar-refractivity contribution is -0.118. The molecule has 0 aromatic heterocycles. The Hall–Kier alpha value is -3.78. The van der Waals surface area contributed by atoms with Crippen LogP contribution in [0.3, 0.4) is 0 Å². The third-order valence-electron chi connectivity index (χ3n) is 4.09. The number of para-hydroxylation sites is 1. The summed E-state index contributed by atoms with van der Waals surface area (Å²) in [4.78, 5) is 36.3. The molecule has 0 fully saturated rings. The van der Waals surface area contributed by atoms with Crippen LogP contribution in [0.25, 0.3) is 0 Å². The molecule has 0 spiro atoms. The van der Waals surface area contributed by atoms with Crippen molar-refractivity contribution in [1.29, 1.82) is 0 Å². The van der Waals surface area contributed by atoms with E-state index < -0.39 is 0 Å². The average Bonchev–Trinajstić information content (AvgIpc) is 2.78. The fourth-order valence-corrected chi connectivity index (χ4v) is 3.47. The summed E-state index contributed by atoms with van der Waals surface area (Å²) in [5.74, 6) is 0.259. The minimum Gasteiger partial charge on any atom is -0.484 e. The zero-order valence-corrected chi connectivity index (χ0v) is 18.3. The second kappa shape index (κ2) is 11.6. The lowest BCUT2D eigenvalue weighted by Crippen LogP contribution is -2.20. The highest BCUT2D eigenvalue weighted by molar-refractivity contribution is 8.00. The van der Waals surface area contributed by atoms with E-state index >= 15 is 0 Å². The molecule has 0 atom stereocenters. The van der Waals surface area contributed by atoms with E-state index in [1.807, 2.05) is 30.3 Å². The van der Waals surface area contributed by atoms with Crippen LogP contribution in [-0.4, -0.2) is 30.1 Å². The molecule has 0 radical (unpaired) electrons. The van der Waals surface area contributed by atoms with Gasteiger partial charge < -0.3 is 20.7 Å². The molecule has 0 aliphatic carbocycles. The van der Waals surface area contributed by atoms with E-state index in [0.29, 0.717) is 22.8 Å². The molecule has 3 N–H and O–H groups in total. The Balaban J connectivity index is 1.45. The quantitative estimate of drug-likeness (QED) is 0.421. The van der Waals surface area contributed by atoms with Gasteiger partial charge in [0.25, 0.3) is 5.91 Å². The highest BCUT2D eigenvalue weighted by Gasteiger charge is 2.07. The number of anilines is 3. The van der Waals surface area contributed by atoms with E-state index in [0.717, 1.165) is 4.90 Å². The first kappa shape index (κ1) is 22.9. The van der Waals surface area contributed by atoms with Crippen molar-refractivity contribution in [2.45, 2.75) is 11.8 Å². The molecule has 32 heavy (non-hydrogen) atoms. The molecule has 0 aliphatic rings. The first-order chi connectivity index (χ1) is 15.5. The molecule has 3 aromatic carbocycles. The van der Waals surface area contributed by atoms with Gasteiger partial charge in [-0.1, -0.05) is 24.3 Å². The SMILES string of the molecule is CC(=O)Nc1ccc(NC(=O)CSc2cccc(NC(=O)COc3ccccc3)c2)cc1. The first-order valence-electron chi connectivity index (χ1n) is 9.86. The lowest BCUT2D eigenvalue weighted by atomic mass is 10.3. The molecular formula is C24H23N3O4S. The summed E-state index contributed by atoms with van der Waals surface area (Å²) in [5.41, 5.74) is 1.94. The van der Waals surface area contributed by atoms with Crippen molar-refractivity contribution < 1.29 is 19.1 Å². The molecule has 3 amide bonds. The molecule has 7 nitrogen and oxygen atoms in total. The third-order valence-corrected chi connectivity index (χ3v) is 5.08. The lowest BCUT2D eigenvalue weighted by Gasteiger charge is -2.09. The normalized spacial score (nSPS) is 10.2. The van der Waals surface area contributed by atoms with Gasteiger partial charge in [0, 0.05) is 28.9 Å². The van der Waals surface area contributed by atoms with E-state index in [9.17, 15) is 14.4 Å². The van der Waals surface area contributed by atoms with Crippen LogP contribution < -0.4 is 20.7 Å². The van der Waals surface area contributed by atoms with E-state index in [1.54, 1.807) is 48.5 Å². The standard InChI is InChI=1S/C24H23N3O4S/c1-17(28)25-18-10-12-19(13-11-18)26-24(30)16-32-22-9-5-6-20(14-22)27-23(29)15-31-21-7-3-2-4-8-21/h2-14H,15-16H2,1H3,(H,25,28)(H,26,30)(H,27,29).